The third-order valence-electron chi connectivity index (χ3n) is 5.28. The van der Waals surface area contributed by atoms with Gasteiger partial charge in [-0.3, -0.25) is 20.2 Å². The van der Waals surface area contributed by atoms with E-state index in [1.54, 1.807) is 0 Å². The number of rotatable bonds is 4. The number of ether oxygens (including phenoxy) is 1. The molecule has 1 aliphatic rings. The zero-order valence-electron chi connectivity index (χ0n) is 18.3. The quantitative estimate of drug-likeness (QED) is 0.466. The van der Waals surface area contributed by atoms with Crippen molar-refractivity contribution in [1.82, 2.24) is 5.32 Å². The first-order valence-corrected chi connectivity index (χ1v) is 9.95. The van der Waals surface area contributed by atoms with Crippen LogP contribution in [-0.2, 0) is 9.53 Å². The molecule has 28 heavy (non-hydrogen) atoms. The minimum atomic E-state index is -0.919. The van der Waals surface area contributed by atoms with Crippen LogP contribution in [0, 0.1) is 21.4 Å². The molecule has 0 saturated carbocycles. The van der Waals surface area contributed by atoms with Crippen LogP contribution in [0.5, 0.6) is 0 Å². The lowest BCUT2D eigenvalue weighted by molar-refractivity contribution is -0.535. The number of hydrogen-bond acceptors (Lipinski definition) is 5. The highest BCUT2D eigenvalue weighted by molar-refractivity contribution is 5.77. The predicted molar refractivity (Wildman–Crippen MR) is 110 cm³/mol. The molecule has 0 bridgehead atoms. The molecule has 1 aromatic carbocycles. The van der Waals surface area contributed by atoms with E-state index >= 15 is 0 Å². The van der Waals surface area contributed by atoms with Gasteiger partial charge in [0.05, 0.1) is 5.92 Å². The van der Waals surface area contributed by atoms with Crippen molar-refractivity contribution in [2.24, 2.45) is 11.3 Å². The molecule has 0 radical (unpaired) electrons. The first-order chi connectivity index (χ1) is 12.7. The fraction of sp³-hybridized carbons (Fsp3) is 0.682. The molecule has 6 heteroatoms. The van der Waals surface area contributed by atoms with E-state index < -0.39 is 41.0 Å². The Balaban J connectivity index is 2.56. The van der Waals surface area contributed by atoms with E-state index in [0.717, 1.165) is 11.1 Å². The van der Waals surface area contributed by atoms with Crippen LogP contribution in [-0.4, -0.2) is 28.6 Å². The minimum Gasteiger partial charge on any atom is -0.459 e. The van der Waals surface area contributed by atoms with Gasteiger partial charge in [0.25, 0.3) is 0 Å². The molecule has 1 fully saturated rings. The summed E-state index contributed by atoms with van der Waals surface area (Å²) < 4.78 is 5.61. The predicted octanol–water partition coefficient (Wildman–Crippen LogP) is 4.47. The summed E-state index contributed by atoms with van der Waals surface area (Å²) in [6, 6.07) is 5.58. The molecule has 0 spiro atoms. The number of esters is 1. The van der Waals surface area contributed by atoms with Gasteiger partial charge in [-0.25, -0.2) is 0 Å². The second-order valence-corrected chi connectivity index (χ2v) is 10.1. The maximum atomic E-state index is 13.0. The average molecular weight is 391 g/mol. The van der Waals surface area contributed by atoms with Crippen molar-refractivity contribution in [3.05, 3.63) is 45.5 Å². The van der Waals surface area contributed by atoms with Gasteiger partial charge in [-0.1, -0.05) is 58.9 Å². The average Bonchev–Trinajstić information content (AvgIpc) is 2.94. The Morgan fingerprint density at radius 2 is 1.71 bits per heavy atom. The Bertz CT molecular complexity index is 731. The normalized spacial score (nSPS) is 25.8. The van der Waals surface area contributed by atoms with Crippen LogP contribution in [0.2, 0.25) is 0 Å². The summed E-state index contributed by atoms with van der Waals surface area (Å²) in [5, 5.41) is 15.5. The number of nitro groups is 1. The van der Waals surface area contributed by atoms with E-state index in [4.69, 9.17) is 4.74 Å². The number of hydrogen-bond donors (Lipinski definition) is 1. The smallest absolute Gasteiger partial charge is 0.324 e. The molecule has 6 nitrogen and oxygen atoms in total. The van der Waals surface area contributed by atoms with Gasteiger partial charge >= 0.3 is 5.97 Å². The summed E-state index contributed by atoms with van der Waals surface area (Å²) in [6.45, 7) is 15.4. The lowest BCUT2D eigenvalue weighted by Crippen LogP contribution is -2.46. The summed E-state index contributed by atoms with van der Waals surface area (Å²) in [5.74, 6) is -0.703. The van der Waals surface area contributed by atoms with Gasteiger partial charge in [0.1, 0.15) is 17.7 Å². The highest BCUT2D eigenvalue weighted by atomic mass is 16.6. The molecule has 156 valence electrons. The Labute approximate surface area is 168 Å². The lowest BCUT2D eigenvalue weighted by Gasteiger charge is -2.32. The molecule has 1 heterocycles. The topological polar surface area (TPSA) is 81.5 Å². The Kier molecular flexibility index (Phi) is 6.24. The van der Waals surface area contributed by atoms with Crippen molar-refractivity contribution in [2.75, 3.05) is 0 Å². The first-order valence-electron chi connectivity index (χ1n) is 9.95. The van der Waals surface area contributed by atoms with Crippen LogP contribution >= 0.6 is 0 Å². The van der Waals surface area contributed by atoms with Gasteiger partial charge in [-0.2, -0.15) is 0 Å². The van der Waals surface area contributed by atoms with E-state index in [0.29, 0.717) is 0 Å². The molecule has 4 atom stereocenters. The van der Waals surface area contributed by atoms with E-state index in [9.17, 15) is 14.9 Å². The van der Waals surface area contributed by atoms with Gasteiger partial charge in [-0.05, 0) is 43.2 Å². The highest BCUT2D eigenvalue weighted by Gasteiger charge is 2.58. The third kappa shape index (κ3) is 4.72. The van der Waals surface area contributed by atoms with E-state index in [1.165, 1.54) is 0 Å². The monoisotopic (exact) mass is 390 g/mol. The van der Waals surface area contributed by atoms with Gasteiger partial charge in [0.2, 0.25) is 6.04 Å². The standard InChI is InChI=1S/C22H34N2O4/c1-13(2)14-11-9-10-12-15(14)17-19(24(26)27)16(21(3,4)5)18(23-17)20(25)28-22(6,7)8/h9-13,16-19,23H,1-8H3/t16-,17-,18-,19-/m0/s1. The van der Waals surface area contributed by atoms with Crippen LogP contribution in [0.25, 0.3) is 0 Å². The van der Waals surface area contributed by atoms with Crippen LogP contribution < -0.4 is 5.32 Å². The number of nitrogens with one attached hydrogen (secondary N) is 1. The number of nitrogens with zero attached hydrogens (tertiary/aromatic N) is 1. The van der Waals surface area contributed by atoms with Crippen molar-refractivity contribution in [3.63, 3.8) is 0 Å². The molecule has 1 aromatic rings. The molecule has 0 unspecified atom stereocenters. The van der Waals surface area contributed by atoms with E-state index in [2.05, 4.69) is 19.2 Å². The number of benzene rings is 1. The van der Waals surface area contributed by atoms with Gasteiger partial charge < -0.3 is 4.74 Å². The Morgan fingerprint density at radius 3 is 2.18 bits per heavy atom. The molecular weight excluding hydrogens is 356 g/mol. The van der Waals surface area contributed by atoms with E-state index in [-0.39, 0.29) is 10.8 Å². The van der Waals surface area contributed by atoms with Crippen LogP contribution in [0.15, 0.2) is 24.3 Å². The Morgan fingerprint density at radius 1 is 1.14 bits per heavy atom. The maximum absolute atomic E-state index is 13.0. The maximum Gasteiger partial charge on any atom is 0.324 e. The fourth-order valence-electron chi connectivity index (χ4n) is 4.24. The summed E-state index contributed by atoms with van der Waals surface area (Å²) in [4.78, 5) is 24.9. The first kappa shape index (κ1) is 22.3. The molecule has 0 aromatic heterocycles. The zero-order valence-corrected chi connectivity index (χ0v) is 18.3. The second kappa shape index (κ2) is 7.82. The minimum absolute atomic E-state index is 0.221. The molecule has 0 amide bonds. The zero-order chi connectivity index (χ0) is 21.4. The van der Waals surface area contributed by atoms with Gasteiger partial charge in [0, 0.05) is 4.92 Å². The van der Waals surface area contributed by atoms with Crippen molar-refractivity contribution >= 4 is 5.97 Å². The summed E-state index contributed by atoms with van der Waals surface area (Å²) in [5.41, 5.74) is 0.844. The summed E-state index contributed by atoms with van der Waals surface area (Å²) >= 11 is 0. The molecule has 1 N–H and O–H groups in total. The molecule has 1 aliphatic heterocycles. The number of carbonyl (C=O) groups is 1. The van der Waals surface area contributed by atoms with Crippen molar-refractivity contribution in [2.45, 2.75) is 85.0 Å². The third-order valence-corrected chi connectivity index (χ3v) is 5.28. The SMILES string of the molecule is CC(C)c1ccccc1[C@@H]1N[C@H](C(=O)OC(C)(C)C)[C@H](C(C)(C)C)[C@@H]1[N+](=O)[O-]. The van der Waals surface area contributed by atoms with Crippen LogP contribution in [0.1, 0.15) is 78.5 Å². The molecule has 2 rings (SSSR count). The van der Waals surface area contributed by atoms with E-state index in [1.807, 2.05) is 65.8 Å². The number of carbonyl (C=O) groups excluding carboxylic acids is 1. The summed E-state index contributed by atoms with van der Waals surface area (Å²) in [7, 11) is 0. The van der Waals surface area contributed by atoms with Crippen molar-refractivity contribution in [1.29, 1.82) is 0 Å². The van der Waals surface area contributed by atoms with Crippen LogP contribution in [0.3, 0.4) is 0 Å². The summed E-state index contributed by atoms with van der Waals surface area (Å²) in [6.07, 6.45) is 0. The lowest BCUT2D eigenvalue weighted by atomic mass is 9.72. The molecule has 0 aliphatic carbocycles. The van der Waals surface area contributed by atoms with Gasteiger partial charge in [0.15, 0.2) is 0 Å². The fourth-order valence-corrected chi connectivity index (χ4v) is 4.24. The van der Waals surface area contributed by atoms with Crippen LogP contribution in [0.4, 0.5) is 0 Å². The van der Waals surface area contributed by atoms with Crippen molar-refractivity contribution < 1.29 is 14.5 Å². The largest absolute Gasteiger partial charge is 0.459 e. The molecule has 1 saturated heterocycles. The second-order valence-electron chi connectivity index (χ2n) is 10.1. The Hall–Kier alpha value is -1.95. The van der Waals surface area contributed by atoms with Gasteiger partial charge in [-0.15, -0.1) is 0 Å². The highest BCUT2D eigenvalue weighted by Crippen LogP contribution is 2.45. The van der Waals surface area contributed by atoms with Crippen molar-refractivity contribution in [3.8, 4) is 0 Å². The molecular formula is C22H34N2O4.